The second-order valence-corrected chi connectivity index (χ2v) is 11.4. The molecule has 0 spiro atoms. The summed E-state index contributed by atoms with van der Waals surface area (Å²) in [6, 6.07) is 13.2. The summed E-state index contributed by atoms with van der Waals surface area (Å²) in [6.07, 6.45) is 4.84. The van der Waals surface area contributed by atoms with Crippen LogP contribution in [0.2, 0.25) is 0 Å². The summed E-state index contributed by atoms with van der Waals surface area (Å²) in [7, 11) is 3.05. The first-order valence-electron chi connectivity index (χ1n) is 13.9. The number of methoxy groups -OCH3 is 2. The number of anilines is 1. The monoisotopic (exact) mass is 571 g/mol. The Kier molecular flexibility index (Phi) is 8.17. The quantitative estimate of drug-likeness (QED) is 0.282. The van der Waals surface area contributed by atoms with E-state index in [1.165, 1.54) is 7.11 Å². The van der Waals surface area contributed by atoms with Crippen LogP contribution in [0, 0.1) is 6.92 Å². The third kappa shape index (κ3) is 5.94. The van der Waals surface area contributed by atoms with Crippen molar-refractivity contribution in [2.45, 2.75) is 45.9 Å². The molecule has 0 aliphatic carbocycles. The van der Waals surface area contributed by atoms with E-state index in [1.807, 2.05) is 52.0 Å². The number of piperazine rings is 1. The van der Waals surface area contributed by atoms with Crippen LogP contribution in [-0.2, 0) is 16.0 Å². The molecule has 1 aliphatic rings. The van der Waals surface area contributed by atoms with Crippen molar-refractivity contribution in [1.29, 1.82) is 0 Å². The van der Waals surface area contributed by atoms with E-state index in [4.69, 9.17) is 14.2 Å². The molecule has 1 saturated heterocycles. The number of aromatic nitrogens is 3. The van der Waals surface area contributed by atoms with Gasteiger partial charge in [0.1, 0.15) is 11.4 Å². The van der Waals surface area contributed by atoms with Gasteiger partial charge in [0.25, 0.3) is 0 Å². The van der Waals surface area contributed by atoms with Crippen molar-refractivity contribution in [2.24, 2.45) is 0 Å². The number of aryl methyl sites for hydroxylation is 1. The van der Waals surface area contributed by atoms with Gasteiger partial charge in [-0.2, -0.15) is 0 Å². The highest BCUT2D eigenvalue weighted by Gasteiger charge is 2.31. The number of carbonyl (C=O) groups is 2. The van der Waals surface area contributed by atoms with Crippen LogP contribution in [-0.4, -0.2) is 71.0 Å². The topological polar surface area (TPSA) is 99.0 Å². The van der Waals surface area contributed by atoms with E-state index in [0.717, 1.165) is 46.4 Å². The molecular weight excluding hydrogens is 534 g/mol. The average molecular weight is 572 g/mol. The molecule has 220 valence electrons. The molecule has 2 aromatic carbocycles. The van der Waals surface area contributed by atoms with Gasteiger partial charge in [-0.15, -0.1) is 0 Å². The summed E-state index contributed by atoms with van der Waals surface area (Å²) in [6.45, 7) is 10.2. The lowest BCUT2D eigenvalue weighted by Crippen LogP contribution is -2.48. The number of hydrogen-bond acceptors (Lipinski definition) is 9. The number of ether oxygens (including phenoxy) is 3. The first-order valence-corrected chi connectivity index (χ1v) is 13.9. The largest absolute Gasteiger partial charge is 0.496 e. The standard InChI is InChI=1S/C32H37N5O5/c1-21-18-27(40-5)25(24-12-15-37(28(21)24)31(39)42-32(2,3)4)19-35-16-17-36(30-33-13-7-14-34-30)20-26(35)22-8-10-23(11-9-22)29(38)41-6/h7-15,18,26H,16-17,19-20H2,1-6H3/t26-/m0/s1. The fourth-order valence-electron chi connectivity index (χ4n) is 5.50. The minimum absolute atomic E-state index is 0.0387. The highest BCUT2D eigenvalue weighted by molar-refractivity contribution is 5.95. The minimum atomic E-state index is -0.615. The van der Waals surface area contributed by atoms with Gasteiger partial charge in [-0.05, 0) is 69.2 Å². The summed E-state index contributed by atoms with van der Waals surface area (Å²) in [5, 5.41) is 0.936. The maximum absolute atomic E-state index is 13.1. The van der Waals surface area contributed by atoms with Crippen LogP contribution in [0.4, 0.5) is 10.7 Å². The maximum atomic E-state index is 13.1. The van der Waals surface area contributed by atoms with Crippen molar-refractivity contribution in [3.05, 3.63) is 83.3 Å². The Labute approximate surface area is 245 Å². The molecule has 1 atom stereocenters. The highest BCUT2D eigenvalue weighted by atomic mass is 16.6. The molecule has 5 rings (SSSR count). The molecular formula is C32H37N5O5. The SMILES string of the molecule is COC(=O)c1ccc([C@@H]2CN(c3ncccn3)CCN2Cc2c(OC)cc(C)c3c2ccn3C(=O)OC(C)(C)C)cc1. The summed E-state index contributed by atoms with van der Waals surface area (Å²) in [5.41, 5.74) is 3.64. The second kappa shape index (κ2) is 11.8. The van der Waals surface area contributed by atoms with Crippen LogP contribution >= 0.6 is 0 Å². The number of benzene rings is 2. The molecule has 2 aromatic heterocycles. The number of rotatable bonds is 6. The summed E-state index contributed by atoms with van der Waals surface area (Å²) in [4.78, 5) is 38.7. The van der Waals surface area contributed by atoms with Crippen LogP contribution in [0.15, 0.2) is 61.1 Å². The molecule has 0 N–H and O–H groups in total. The number of nitrogens with zero attached hydrogens (tertiary/aromatic N) is 5. The molecule has 42 heavy (non-hydrogen) atoms. The van der Waals surface area contributed by atoms with Gasteiger partial charge in [-0.1, -0.05) is 12.1 Å². The normalized spacial score (nSPS) is 16.0. The summed E-state index contributed by atoms with van der Waals surface area (Å²) >= 11 is 0. The van der Waals surface area contributed by atoms with Crippen LogP contribution in [0.1, 0.15) is 53.9 Å². The highest BCUT2D eigenvalue weighted by Crippen LogP contribution is 2.36. The molecule has 4 aromatic rings. The van der Waals surface area contributed by atoms with Crippen LogP contribution < -0.4 is 9.64 Å². The lowest BCUT2D eigenvalue weighted by molar-refractivity contribution is 0.0542. The molecule has 10 heteroatoms. The number of esters is 1. The van der Waals surface area contributed by atoms with Crippen molar-refractivity contribution in [1.82, 2.24) is 19.4 Å². The Balaban J connectivity index is 1.53. The Morgan fingerprint density at radius 1 is 1.02 bits per heavy atom. The molecule has 0 unspecified atom stereocenters. The zero-order valence-corrected chi connectivity index (χ0v) is 25.0. The van der Waals surface area contributed by atoms with E-state index in [9.17, 15) is 9.59 Å². The third-order valence-electron chi connectivity index (χ3n) is 7.44. The van der Waals surface area contributed by atoms with Crippen LogP contribution in [0.25, 0.3) is 10.9 Å². The lowest BCUT2D eigenvalue weighted by atomic mass is 9.98. The van der Waals surface area contributed by atoms with Gasteiger partial charge in [-0.25, -0.2) is 19.6 Å². The van der Waals surface area contributed by atoms with Gasteiger partial charge in [0.05, 0.1) is 31.3 Å². The summed E-state index contributed by atoms with van der Waals surface area (Å²) in [5.74, 6) is 1.07. The molecule has 0 bridgehead atoms. The first kappa shape index (κ1) is 29.1. The molecule has 0 saturated carbocycles. The molecule has 0 radical (unpaired) electrons. The number of fused-ring (bicyclic) bond motifs is 1. The second-order valence-electron chi connectivity index (χ2n) is 11.4. The van der Waals surface area contributed by atoms with Crippen LogP contribution in [0.3, 0.4) is 0 Å². The van der Waals surface area contributed by atoms with Gasteiger partial charge in [0, 0.05) is 55.7 Å². The number of hydrogen-bond donors (Lipinski definition) is 0. The average Bonchev–Trinajstić information content (AvgIpc) is 3.44. The maximum Gasteiger partial charge on any atom is 0.419 e. The van der Waals surface area contributed by atoms with E-state index in [1.54, 1.807) is 48.5 Å². The third-order valence-corrected chi connectivity index (χ3v) is 7.44. The van der Waals surface area contributed by atoms with Gasteiger partial charge in [-0.3, -0.25) is 9.47 Å². The van der Waals surface area contributed by atoms with E-state index in [0.29, 0.717) is 24.6 Å². The minimum Gasteiger partial charge on any atom is -0.496 e. The van der Waals surface area contributed by atoms with Crippen molar-refractivity contribution in [3.8, 4) is 5.75 Å². The predicted octanol–water partition coefficient (Wildman–Crippen LogP) is 5.38. The zero-order chi connectivity index (χ0) is 30.0. The van der Waals surface area contributed by atoms with Crippen molar-refractivity contribution >= 4 is 28.9 Å². The molecule has 10 nitrogen and oxygen atoms in total. The van der Waals surface area contributed by atoms with Crippen molar-refractivity contribution in [3.63, 3.8) is 0 Å². The van der Waals surface area contributed by atoms with E-state index < -0.39 is 11.7 Å². The van der Waals surface area contributed by atoms with Gasteiger partial charge >= 0.3 is 12.1 Å². The zero-order valence-electron chi connectivity index (χ0n) is 25.0. The fourth-order valence-corrected chi connectivity index (χ4v) is 5.50. The van der Waals surface area contributed by atoms with Gasteiger partial charge in [0.15, 0.2) is 0 Å². The fraction of sp³-hybridized carbons (Fsp3) is 0.375. The van der Waals surface area contributed by atoms with Crippen molar-refractivity contribution < 1.29 is 23.8 Å². The Morgan fingerprint density at radius 2 is 1.74 bits per heavy atom. The Bertz CT molecular complexity index is 1580. The first-order chi connectivity index (χ1) is 20.1. The molecule has 1 fully saturated rings. The van der Waals surface area contributed by atoms with Crippen molar-refractivity contribution in [2.75, 3.05) is 38.8 Å². The summed E-state index contributed by atoms with van der Waals surface area (Å²) < 4.78 is 18.0. The number of carbonyl (C=O) groups excluding carboxylic acids is 2. The van der Waals surface area contributed by atoms with E-state index in [-0.39, 0.29) is 12.0 Å². The van der Waals surface area contributed by atoms with Gasteiger partial charge < -0.3 is 19.1 Å². The van der Waals surface area contributed by atoms with E-state index >= 15 is 0 Å². The Hall–Kier alpha value is -4.44. The van der Waals surface area contributed by atoms with Crippen LogP contribution in [0.5, 0.6) is 5.75 Å². The van der Waals surface area contributed by atoms with E-state index in [2.05, 4.69) is 19.8 Å². The smallest absolute Gasteiger partial charge is 0.419 e. The predicted molar refractivity (Wildman–Crippen MR) is 160 cm³/mol. The molecule has 0 amide bonds. The Morgan fingerprint density at radius 3 is 2.38 bits per heavy atom. The van der Waals surface area contributed by atoms with Gasteiger partial charge in [0.2, 0.25) is 5.95 Å². The molecule has 1 aliphatic heterocycles. The molecule has 3 heterocycles. The lowest BCUT2D eigenvalue weighted by Gasteiger charge is -2.42.